The normalized spacial score (nSPS) is 16.6. The second-order valence-corrected chi connectivity index (χ2v) is 3.98. The minimum atomic E-state index is -0.641. The SMILES string of the molecule is COCc1ccc(C2(N=C=O)CC2)c(F)c1. The van der Waals surface area contributed by atoms with E-state index in [9.17, 15) is 9.18 Å². The molecule has 0 radical (unpaired) electrons. The number of methoxy groups -OCH3 is 1. The first-order valence-corrected chi connectivity index (χ1v) is 5.09. The van der Waals surface area contributed by atoms with Crippen LogP contribution in [0.5, 0.6) is 0 Å². The van der Waals surface area contributed by atoms with E-state index in [2.05, 4.69) is 4.99 Å². The number of rotatable bonds is 4. The number of hydrogen-bond donors (Lipinski definition) is 0. The van der Waals surface area contributed by atoms with Crippen LogP contribution in [0.4, 0.5) is 4.39 Å². The Morgan fingerprint density at radius 1 is 1.56 bits per heavy atom. The maximum atomic E-state index is 13.8. The van der Waals surface area contributed by atoms with Gasteiger partial charge in [0.15, 0.2) is 0 Å². The standard InChI is InChI=1S/C12H12FNO2/c1-16-7-9-2-3-10(11(13)6-9)12(4-5-12)14-8-15/h2-3,6H,4-5,7H2,1H3. The van der Waals surface area contributed by atoms with E-state index in [1.54, 1.807) is 19.2 Å². The molecule has 4 heteroatoms. The van der Waals surface area contributed by atoms with E-state index in [-0.39, 0.29) is 5.82 Å². The van der Waals surface area contributed by atoms with Gasteiger partial charge in [-0.15, -0.1) is 0 Å². The van der Waals surface area contributed by atoms with Crippen LogP contribution in [0.25, 0.3) is 0 Å². The predicted molar refractivity (Wildman–Crippen MR) is 56.1 cm³/mol. The van der Waals surface area contributed by atoms with Gasteiger partial charge < -0.3 is 4.74 Å². The number of aliphatic imine (C=N–C) groups is 1. The molecule has 1 fully saturated rings. The third-order valence-corrected chi connectivity index (χ3v) is 2.83. The molecule has 1 aliphatic rings. The van der Waals surface area contributed by atoms with Crippen molar-refractivity contribution in [3.8, 4) is 0 Å². The first-order chi connectivity index (χ1) is 7.72. The summed E-state index contributed by atoms with van der Waals surface area (Å²) < 4.78 is 18.7. The zero-order valence-electron chi connectivity index (χ0n) is 9.00. The lowest BCUT2D eigenvalue weighted by Gasteiger charge is -2.10. The monoisotopic (exact) mass is 221 g/mol. The molecule has 1 aromatic rings. The summed E-state index contributed by atoms with van der Waals surface area (Å²) in [5.41, 5.74) is 0.614. The van der Waals surface area contributed by atoms with Gasteiger partial charge in [-0.3, -0.25) is 0 Å². The molecule has 0 amide bonds. The molecule has 2 rings (SSSR count). The Labute approximate surface area is 93.0 Å². The molecule has 0 spiro atoms. The quantitative estimate of drug-likeness (QED) is 0.578. The summed E-state index contributed by atoms with van der Waals surface area (Å²) in [6.45, 7) is 0.376. The van der Waals surface area contributed by atoms with Gasteiger partial charge in [0.05, 0.1) is 6.61 Å². The molecule has 16 heavy (non-hydrogen) atoms. The Balaban J connectivity index is 2.33. The van der Waals surface area contributed by atoms with Gasteiger partial charge >= 0.3 is 0 Å². The highest BCUT2D eigenvalue weighted by atomic mass is 19.1. The van der Waals surface area contributed by atoms with Crippen molar-refractivity contribution in [2.75, 3.05) is 7.11 Å². The molecule has 0 aliphatic heterocycles. The van der Waals surface area contributed by atoms with Crippen molar-refractivity contribution in [1.82, 2.24) is 0 Å². The molecule has 84 valence electrons. The van der Waals surface area contributed by atoms with Crippen molar-refractivity contribution < 1.29 is 13.9 Å². The molecule has 0 heterocycles. The van der Waals surface area contributed by atoms with Gasteiger partial charge in [-0.05, 0) is 24.5 Å². The molecule has 1 saturated carbocycles. The minimum absolute atomic E-state index is 0.328. The van der Waals surface area contributed by atoms with Gasteiger partial charge in [0.2, 0.25) is 6.08 Å². The van der Waals surface area contributed by atoms with E-state index in [0.29, 0.717) is 25.0 Å². The van der Waals surface area contributed by atoms with Crippen molar-refractivity contribution in [3.63, 3.8) is 0 Å². The van der Waals surface area contributed by atoms with Crippen LogP contribution in [0.1, 0.15) is 24.0 Å². The molecule has 0 bridgehead atoms. The first-order valence-electron chi connectivity index (χ1n) is 5.09. The molecular formula is C12H12FNO2. The number of halogens is 1. The van der Waals surface area contributed by atoms with E-state index in [1.165, 1.54) is 12.1 Å². The maximum absolute atomic E-state index is 13.8. The summed E-state index contributed by atoms with van der Waals surface area (Å²) in [7, 11) is 1.56. The van der Waals surface area contributed by atoms with Crippen molar-refractivity contribution in [2.24, 2.45) is 4.99 Å². The lowest BCUT2D eigenvalue weighted by molar-refractivity contribution is 0.184. The van der Waals surface area contributed by atoms with Gasteiger partial charge in [0.25, 0.3) is 0 Å². The van der Waals surface area contributed by atoms with Crippen LogP contribution < -0.4 is 0 Å². The number of hydrogen-bond acceptors (Lipinski definition) is 3. The highest BCUT2D eigenvalue weighted by Crippen LogP contribution is 2.50. The molecule has 0 unspecified atom stereocenters. The molecule has 1 aliphatic carbocycles. The lowest BCUT2D eigenvalue weighted by Crippen LogP contribution is -2.06. The van der Waals surface area contributed by atoms with Crippen LogP contribution in [0.3, 0.4) is 0 Å². The zero-order chi connectivity index (χ0) is 11.6. The highest BCUT2D eigenvalue weighted by molar-refractivity contribution is 5.42. The molecule has 0 saturated heterocycles. The molecule has 1 aromatic carbocycles. The van der Waals surface area contributed by atoms with Crippen LogP contribution in [0.2, 0.25) is 0 Å². The number of benzene rings is 1. The van der Waals surface area contributed by atoms with Gasteiger partial charge in [0.1, 0.15) is 11.4 Å². The number of nitrogens with zero attached hydrogens (tertiary/aromatic N) is 1. The number of carbonyl (C=O) groups excluding carboxylic acids is 1. The molecular weight excluding hydrogens is 209 g/mol. The second kappa shape index (κ2) is 4.16. The predicted octanol–water partition coefficient (Wildman–Crippen LogP) is 2.30. The number of isocyanates is 1. The maximum Gasteiger partial charge on any atom is 0.235 e. The summed E-state index contributed by atoms with van der Waals surface area (Å²) >= 11 is 0. The minimum Gasteiger partial charge on any atom is -0.380 e. The summed E-state index contributed by atoms with van der Waals surface area (Å²) in [5.74, 6) is -0.328. The van der Waals surface area contributed by atoms with E-state index in [0.717, 1.165) is 5.56 Å². The smallest absolute Gasteiger partial charge is 0.235 e. The lowest BCUT2D eigenvalue weighted by atomic mass is 10.0. The topological polar surface area (TPSA) is 38.7 Å². The fraction of sp³-hybridized carbons (Fsp3) is 0.417. The average Bonchev–Trinajstić information content (AvgIpc) is 3.00. The van der Waals surface area contributed by atoms with Crippen LogP contribution >= 0.6 is 0 Å². The van der Waals surface area contributed by atoms with Gasteiger partial charge in [0, 0.05) is 12.7 Å². The van der Waals surface area contributed by atoms with Gasteiger partial charge in [-0.2, -0.15) is 4.99 Å². The third-order valence-electron chi connectivity index (χ3n) is 2.83. The fourth-order valence-electron chi connectivity index (χ4n) is 1.84. The third kappa shape index (κ3) is 1.90. The first kappa shape index (κ1) is 11.0. The molecule has 0 aromatic heterocycles. The Bertz CT molecular complexity index is 448. The van der Waals surface area contributed by atoms with Crippen molar-refractivity contribution in [2.45, 2.75) is 25.0 Å². The highest BCUT2D eigenvalue weighted by Gasteiger charge is 2.46. The summed E-state index contributed by atoms with van der Waals surface area (Å²) in [5, 5.41) is 0. The van der Waals surface area contributed by atoms with Crippen molar-refractivity contribution in [3.05, 3.63) is 35.1 Å². The number of ether oxygens (including phenoxy) is 1. The van der Waals surface area contributed by atoms with Crippen LogP contribution in [-0.2, 0) is 21.7 Å². The largest absolute Gasteiger partial charge is 0.380 e. The fourth-order valence-corrected chi connectivity index (χ4v) is 1.84. The van der Waals surface area contributed by atoms with Crippen LogP contribution in [-0.4, -0.2) is 13.2 Å². The van der Waals surface area contributed by atoms with E-state index in [4.69, 9.17) is 4.74 Å². The second-order valence-electron chi connectivity index (χ2n) is 3.98. The van der Waals surface area contributed by atoms with Gasteiger partial charge in [-0.25, -0.2) is 9.18 Å². The summed E-state index contributed by atoms with van der Waals surface area (Å²) in [6, 6.07) is 4.90. The Morgan fingerprint density at radius 2 is 2.31 bits per heavy atom. The molecule has 0 atom stereocenters. The van der Waals surface area contributed by atoms with E-state index >= 15 is 0 Å². The van der Waals surface area contributed by atoms with Gasteiger partial charge in [-0.1, -0.05) is 12.1 Å². The summed E-state index contributed by atoms with van der Waals surface area (Å²) in [4.78, 5) is 14.0. The van der Waals surface area contributed by atoms with Crippen molar-refractivity contribution >= 4 is 6.08 Å². The van der Waals surface area contributed by atoms with Crippen LogP contribution in [0, 0.1) is 5.82 Å². The zero-order valence-corrected chi connectivity index (χ0v) is 9.00. The Morgan fingerprint density at radius 3 is 2.81 bits per heavy atom. The molecule has 3 nitrogen and oxygen atoms in total. The van der Waals surface area contributed by atoms with Crippen molar-refractivity contribution in [1.29, 1.82) is 0 Å². The van der Waals surface area contributed by atoms with E-state index in [1.807, 2.05) is 0 Å². The van der Waals surface area contributed by atoms with E-state index < -0.39 is 5.54 Å². The summed E-state index contributed by atoms with van der Waals surface area (Å²) in [6.07, 6.45) is 2.94. The average molecular weight is 221 g/mol. The Kier molecular flexibility index (Phi) is 2.86. The van der Waals surface area contributed by atoms with Crippen LogP contribution in [0.15, 0.2) is 23.2 Å². The molecule has 0 N–H and O–H groups in total. The Hall–Kier alpha value is -1.51.